The van der Waals surface area contributed by atoms with Gasteiger partial charge in [-0.25, -0.2) is 4.79 Å². The highest BCUT2D eigenvalue weighted by molar-refractivity contribution is 7.79. The van der Waals surface area contributed by atoms with E-state index in [2.05, 4.69) is 17.0 Å². The van der Waals surface area contributed by atoms with E-state index >= 15 is 0 Å². The monoisotopic (exact) mass is 144 g/mol. The molecule has 0 atom stereocenters. The number of carbonyl (C=O) groups excluding carboxylic acids is 1. The maximum absolute atomic E-state index is 10.6. The predicted octanol–water partition coefficient (Wildman–Crippen LogP) is 1.11. The van der Waals surface area contributed by atoms with Gasteiger partial charge in [-0.3, -0.25) is 0 Å². The van der Waals surface area contributed by atoms with Gasteiger partial charge in [0.2, 0.25) is 0 Å². The molecule has 0 bridgehead atoms. The zero-order chi connectivity index (χ0) is 7.28. The predicted molar refractivity (Wildman–Crippen MR) is 39.4 cm³/mol. The number of ether oxygens (including phenoxy) is 1. The van der Waals surface area contributed by atoms with Crippen molar-refractivity contribution in [2.24, 2.45) is 0 Å². The molecule has 0 heterocycles. The lowest BCUT2D eigenvalue weighted by Gasteiger charge is -1.94. The van der Waals surface area contributed by atoms with Gasteiger partial charge in [0.05, 0.1) is 12.7 Å². The Kier molecular flexibility index (Phi) is 3.88. The number of rotatable bonds is 2. The van der Waals surface area contributed by atoms with Crippen LogP contribution in [0.5, 0.6) is 0 Å². The molecule has 9 heavy (non-hydrogen) atoms. The molecule has 2 nitrogen and oxygen atoms in total. The van der Waals surface area contributed by atoms with Crippen LogP contribution >= 0.6 is 12.2 Å². The van der Waals surface area contributed by atoms with E-state index in [-0.39, 0.29) is 5.97 Å². The minimum Gasteiger partial charge on any atom is -0.465 e. The Hall–Kier alpha value is -0.700. The van der Waals surface area contributed by atoms with E-state index < -0.39 is 0 Å². The molecular formula is C6H8O2S. The minimum absolute atomic E-state index is 0.382. The van der Waals surface area contributed by atoms with Crippen LogP contribution < -0.4 is 0 Å². The molecule has 0 N–H and O–H groups in total. The first-order valence-electron chi connectivity index (χ1n) is 2.46. The van der Waals surface area contributed by atoms with E-state index in [1.807, 2.05) is 0 Å². The third-order valence-electron chi connectivity index (χ3n) is 0.859. The quantitative estimate of drug-likeness (QED) is 0.330. The normalized spacial score (nSPS) is 10.7. The smallest absolute Gasteiger partial charge is 0.338 e. The highest BCUT2D eigenvalue weighted by Crippen LogP contribution is 1.92. The number of esters is 1. The lowest BCUT2D eigenvalue weighted by atomic mass is 10.3. The SMILES string of the molecule is C/C=C(\C=S)C(=O)OC. The molecule has 0 aliphatic heterocycles. The van der Waals surface area contributed by atoms with Crippen molar-refractivity contribution in [2.45, 2.75) is 6.92 Å². The Labute approximate surface area is 59.5 Å². The maximum Gasteiger partial charge on any atom is 0.338 e. The average molecular weight is 144 g/mol. The Bertz CT molecular complexity index is 149. The summed E-state index contributed by atoms with van der Waals surface area (Å²) in [6.07, 6.45) is 1.61. The van der Waals surface area contributed by atoms with Gasteiger partial charge in [-0.15, -0.1) is 0 Å². The van der Waals surface area contributed by atoms with E-state index in [0.29, 0.717) is 5.57 Å². The van der Waals surface area contributed by atoms with E-state index in [9.17, 15) is 4.79 Å². The average Bonchev–Trinajstić information content (AvgIpc) is 1.90. The molecule has 0 unspecified atom stereocenters. The van der Waals surface area contributed by atoms with Crippen LogP contribution in [0.3, 0.4) is 0 Å². The Morgan fingerprint density at radius 1 is 1.67 bits per heavy atom. The van der Waals surface area contributed by atoms with Gasteiger partial charge in [-0.05, 0) is 6.92 Å². The largest absolute Gasteiger partial charge is 0.465 e. The molecular weight excluding hydrogens is 136 g/mol. The Balaban J connectivity index is 4.14. The minimum atomic E-state index is -0.382. The van der Waals surface area contributed by atoms with Crippen molar-refractivity contribution >= 4 is 23.6 Å². The van der Waals surface area contributed by atoms with Crippen molar-refractivity contribution in [3.63, 3.8) is 0 Å². The topological polar surface area (TPSA) is 26.3 Å². The van der Waals surface area contributed by atoms with E-state index in [1.165, 1.54) is 12.5 Å². The highest BCUT2D eigenvalue weighted by atomic mass is 32.1. The number of thiocarbonyl (C=S) groups is 1. The van der Waals surface area contributed by atoms with Crippen LogP contribution in [0, 0.1) is 0 Å². The molecule has 0 aromatic carbocycles. The summed E-state index contributed by atoms with van der Waals surface area (Å²) >= 11 is 4.52. The summed E-state index contributed by atoms with van der Waals surface area (Å²) < 4.78 is 4.39. The van der Waals surface area contributed by atoms with E-state index in [4.69, 9.17) is 0 Å². The van der Waals surface area contributed by atoms with Crippen LogP contribution in [0.4, 0.5) is 0 Å². The number of hydrogen-bond acceptors (Lipinski definition) is 3. The van der Waals surface area contributed by atoms with Crippen molar-refractivity contribution < 1.29 is 9.53 Å². The van der Waals surface area contributed by atoms with Crippen LogP contribution in [0.1, 0.15) is 6.92 Å². The number of allylic oxidation sites excluding steroid dienone is 1. The van der Waals surface area contributed by atoms with Gasteiger partial charge >= 0.3 is 5.97 Å². The fourth-order valence-corrected chi connectivity index (χ4v) is 0.584. The summed E-state index contributed by atoms with van der Waals surface area (Å²) in [7, 11) is 1.32. The number of methoxy groups -OCH3 is 1. The third kappa shape index (κ3) is 2.37. The van der Waals surface area contributed by atoms with Crippen LogP contribution in [-0.2, 0) is 9.53 Å². The van der Waals surface area contributed by atoms with Gasteiger partial charge in [-0.1, -0.05) is 18.3 Å². The van der Waals surface area contributed by atoms with Gasteiger partial charge in [0.1, 0.15) is 0 Å². The van der Waals surface area contributed by atoms with Gasteiger partial charge in [0.15, 0.2) is 0 Å². The molecule has 0 saturated heterocycles. The first kappa shape index (κ1) is 8.30. The maximum atomic E-state index is 10.6. The summed E-state index contributed by atoms with van der Waals surface area (Å²) in [5.41, 5.74) is 0.424. The lowest BCUT2D eigenvalue weighted by Crippen LogP contribution is -2.04. The number of carbonyl (C=O) groups is 1. The van der Waals surface area contributed by atoms with Crippen molar-refractivity contribution in [3.05, 3.63) is 11.6 Å². The first-order valence-corrected chi connectivity index (χ1v) is 2.93. The molecule has 50 valence electrons. The molecule has 0 aromatic heterocycles. The number of hydrogen-bond donors (Lipinski definition) is 0. The second kappa shape index (κ2) is 4.21. The van der Waals surface area contributed by atoms with Gasteiger partial charge in [0, 0.05) is 5.37 Å². The van der Waals surface area contributed by atoms with Crippen molar-refractivity contribution in [1.29, 1.82) is 0 Å². The second-order valence-electron chi connectivity index (χ2n) is 1.35. The van der Waals surface area contributed by atoms with Crippen molar-refractivity contribution in [2.75, 3.05) is 7.11 Å². The molecule has 0 saturated carbocycles. The highest BCUT2D eigenvalue weighted by Gasteiger charge is 2.01. The molecule has 0 radical (unpaired) electrons. The van der Waals surface area contributed by atoms with Crippen LogP contribution in [-0.4, -0.2) is 18.4 Å². The summed E-state index contributed by atoms with van der Waals surface area (Å²) in [5, 5.41) is 1.30. The molecule has 3 heteroatoms. The van der Waals surface area contributed by atoms with Crippen molar-refractivity contribution in [1.82, 2.24) is 0 Å². The van der Waals surface area contributed by atoms with E-state index in [0.717, 1.165) is 0 Å². The zero-order valence-corrected chi connectivity index (χ0v) is 6.20. The molecule has 0 aliphatic rings. The summed E-state index contributed by atoms with van der Waals surface area (Å²) in [6, 6.07) is 0. The first-order chi connectivity index (χ1) is 4.26. The third-order valence-corrected chi connectivity index (χ3v) is 1.11. The zero-order valence-electron chi connectivity index (χ0n) is 5.38. The molecule has 0 spiro atoms. The molecule has 0 rings (SSSR count). The molecule has 0 fully saturated rings. The fourth-order valence-electron chi connectivity index (χ4n) is 0.352. The van der Waals surface area contributed by atoms with Gasteiger partial charge < -0.3 is 4.74 Å². The fraction of sp³-hybridized carbons (Fsp3) is 0.333. The van der Waals surface area contributed by atoms with Crippen LogP contribution in [0.25, 0.3) is 0 Å². The van der Waals surface area contributed by atoms with E-state index in [1.54, 1.807) is 13.0 Å². The lowest BCUT2D eigenvalue weighted by molar-refractivity contribution is -0.135. The van der Waals surface area contributed by atoms with Crippen molar-refractivity contribution in [3.8, 4) is 0 Å². The standard InChI is InChI=1S/C6H8O2S/c1-3-5(4-9)6(7)8-2/h3-4H,1-2H3/b5-3+. The van der Waals surface area contributed by atoms with Gasteiger partial charge in [-0.2, -0.15) is 0 Å². The summed E-state index contributed by atoms with van der Waals surface area (Å²) in [4.78, 5) is 10.6. The molecule has 0 aliphatic carbocycles. The summed E-state index contributed by atoms with van der Waals surface area (Å²) in [5.74, 6) is -0.382. The Morgan fingerprint density at radius 2 is 2.22 bits per heavy atom. The molecule has 0 amide bonds. The second-order valence-corrected chi connectivity index (χ2v) is 1.59. The summed E-state index contributed by atoms with van der Waals surface area (Å²) in [6.45, 7) is 1.73. The van der Waals surface area contributed by atoms with Gasteiger partial charge in [0.25, 0.3) is 0 Å². The Morgan fingerprint density at radius 3 is 2.33 bits per heavy atom. The van der Waals surface area contributed by atoms with Crippen LogP contribution in [0.2, 0.25) is 0 Å². The van der Waals surface area contributed by atoms with Crippen LogP contribution in [0.15, 0.2) is 11.6 Å². The molecule has 0 aromatic rings.